The van der Waals surface area contributed by atoms with Gasteiger partial charge in [-0.25, -0.2) is 4.39 Å². The van der Waals surface area contributed by atoms with Gasteiger partial charge < -0.3 is 14.7 Å². The molecule has 1 fully saturated rings. The number of aliphatic hydroxyl groups is 1. The van der Waals surface area contributed by atoms with E-state index in [0.29, 0.717) is 5.56 Å². The Morgan fingerprint density at radius 2 is 1.95 bits per heavy atom. The summed E-state index contributed by atoms with van der Waals surface area (Å²) in [5, 5.41) is 9.27. The van der Waals surface area contributed by atoms with Gasteiger partial charge in [-0.05, 0) is 24.1 Å². The third-order valence-corrected chi connectivity index (χ3v) is 3.37. The zero-order chi connectivity index (χ0) is 16.3. The maximum absolute atomic E-state index is 13.4. The molecule has 1 aliphatic heterocycles. The zero-order valence-corrected chi connectivity index (χ0v) is 11.5. The maximum Gasteiger partial charge on any atom is 0.573 e. The van der Waals surface area contributed by atoms with Crippen LogP contribution in [0.2, 0.25) is 0 Å². The number of amides is 1. The van der Waals surface area contributed by atoms with Gasteiger partial charge in [-0.3, -0.25) is 4.79 Å². The SMILES string of the molecule is O=C(Cc1ccc(OC(F)(F)F)cc1)N1CC[C@@H](O)[C@H](F)C1. The van der Waals surface area contributed by atoms with Gasteiger partial charge in [0.1, 0.15) is 11.9 Å². The monoisotopic (exact) mass is 321 g/mol. The molecule has 0 aromatic heterocycles. The zero-order valence-electron chi connectivity index (χ0n) is 11.5. The van der Waals surface area contributed by atoms with Crippen molar-refractivity contribution >= 4 is 5.91 Å². The molecule has 0 bridgehead atoms. The summed E-state index contributed by atoms with van der Waals surface area (Å²) in [5.74, 6) is -0.701. The van der Waals surface area contributed by atoms with Crippen LogP contribution in [0.5, 0.6) is 5.75 Å². The average molecular weight is 321 g/mol. The number of nitrogens with zero attached hydrogens (tertiary/aromatic N) is 1. The predicted octanol–water partition coefficient (Wildman–Crippen LogP) is 2.06. The van der Waals surface area contributed by atoms with E-state index in [1.807, 2.05) is 0 Å². The first-order chi connectivity index (χ1) is 10.2. The number of carbonyl (C=O) groups is 1. The van der Waals surface area contributed by atoms with Crippen LogP contribution in [0.3, 0.4) is 0 Å². The molecule has 4 nitrogen and oxygen atoms in total. The second-order valence-electron chi connectivity index (χ2n) is 5.08. The quantitative estimate of drug-likeness (QED) is 0.867. The maximum atomic E-state index is 13.4. The lowest BCUT2D eigenvalue weighted by Crippen LogP contribution is -2.47. The first kappa shape index (κ1) is 16.5. The van der Waals surface area contributed by atoms with Crippen LogP contribution >= 0.6 is 0 Å². The van der Waals surface area contributed by atoms with Crippen LogP contribution in [0, 0.1) is 0 Å². The molecule has 1 aromatic carbocycles. The number of alkyl halides is 4. The molecule has 1 aromatic rings. The molecule has 1 aliphatic rings. The molecule has 0 spiro atoms. The third-order valence-electron chi connectivity index (χ3n) is 3.37. The summed E-state index contributed by atoms with van der Waals surface area (Å²) in [7, 11) is 0. The van der Waals surface area contributed by atoms with Gasteiger partial charge in [0.2, 0.25) is 5.91 Å². The molecule has 1 amide bonds. The lowest BCUT2D eigenvalue weighted by molar-refractivity contribution is -0.274. The average Bonchev–Trinajstić information content (AvgIpc) is 2.42. The minimum absolute atomic E-state index is 0.0465. The van der Waals surface area contributed by atoms with Crippen molar-refractivity contribution in [3.8, 4) is 5.75 Å². The number of halogens is 4. The molecule has 1 N–H and O–H groups in total. The van der Waals surface area contributed by atoms with Crippen LogP contribution < -0.4 is 4.74 Å². The smallest absolute Gasteiger partial charge is 0.406 e. The van der Waals surface area contributed by atoms with Crippen molar-refractivity contribution in [3.63, 3.8) is 0 Å². The summed E-state index contributed by atoms with van der Waals surface area (Å²) < 4.78 is 53.2. The van der Waals surface area contributed by atoms with E-state index >= 15 is 0 Å². The Morgan fingerprint density at radius 3 is 2.50 bits per heavy atom. The molecule has 0 saturated carbocycles. The molecule has 0 radical (unpaired) electrons. The summed E-state index contributed by atoms with van der Waals surface area (Å²) in [6, 6.07) is 4.94. The van der Waals surface area contributed by atoms with Gasteiger partial charge in [0.05, 0.1) is 19.1 Å². The molecular formula is C14H15F4NO3. The van der Waals surface area contributed by atoms with Crippen LogP contribution in [0.15, 0.2) is 24.3 Å². The lowest BCUT2D eigenvalue weighted by atomic mass is 10.0. The number of hydrogen-bond donors (Lipinski definition) is 1. The largest absolute Gasteiger partial charge is 0.573 e. The Labute approximate surface area is 124 Å². The van der Waals surface area contributed by atoms with Crippen molar-refractivity contribution in [1.82, 2.24) is 4.90 Å². The summed E-state index contributed by atoms with van der Waals surface area (Å²) >= 11 is 0. The van der Waals surface area contributed by atoms with E-state index in [2.05, 4.69) is 4.74 Å². The van der Waals surface area contributed by atoms with Crippen LogP contribution in [0.25, 0.3) is 0 Å². The van der Waals surface area contributed by atoms with Gasteiger partial charge in [-0.1, -0.05) is 12.1 Å². The molecule has 122 valence electrons. The predicted molar refractivity (Wildman–Crippen MR) is 68.9 cm³/mol. The number of aliphatic hydroxyl groups excluding tert-OH is 1. The van der Waals surface area contributed by atoms with Gasteiger partial charge in [-0.15, -0.1) is 13.2 Å². The van der Waals surface area contributed by atoms with Crippen LogP contribution in [-0.2, 0) is 11.2 Å². The van der Waals surface area contributed by atoms with E-state index in [9.17, 15) is 27.5 Å². The van der Waals surface area contributed by atoms with E-state index in [4.69, 9.17) is 0 Å². The normalized spacial score (nSPS) is 22.5. The van der Waals surface area contributed by atoms with Gasteiger partial charge in [0.15, 0.2) is 0 Å². The summed E-state index contributed by atoms with van der Waals surface area (Å²) in [4.78, 5) is 13.3. The highest BCUT2D eigenvalue weighted by atomic mass is 19.4. The Balaban J connectivity index is 1.92. The number of benzene rings is 1. The summed E-state index contributed by atoms with van der Waals surface area (Å²) in [6.07, 6.45) is -7.16. The first-order valence-electron chi connectivity index (χ1n) is 6.69. The highest BCUT2D eigenvalue weighted by Crippen LogP contribution is 2.23. The third kappa shape index (κ3) is 4.59. The van der Waals surface area contributed by atoms with Crippen molar-refractivity contribution in [1.29, 1.82) is 0 Å². The number of rotatable bonds is 3. The second kappa shape index (κ2) is 6.51. The summed E-state index contributed by atoms with van der Waals surface area (Å²) in [5.41, 5.74) is 0.501. The van der Waals surface area contributed by atoms with Crippen LogP contribution in [0.1, 0.15) is 12.0 Å². The second-order valence-corrected chi connectivity index (χ2v) is 5.08. The van der Waals surface area contributed by atoms with Gasteiger partial charge in [0.25, 0.3) is 0 Å². The number of likely N-dealkylation sites (tertiary alicyclic amines) is 1. The molecular weight excluding hydrogens is 306 g/mol. The van der Waals surface area contributed by atoms with Gasteiger partial charge >= 0.3 is 6.36 Å². The highest BCUT2D eigenvalue weighted by Gasteiger charge is 2.31. The fourth-order valence-electron chi connectivity index (χ4n) is 2.21. The molecule has 0 aliphatic carbocycles. The summed E-state index contributed by atoms with van der Waals surface area (Å²) in [6.45, 7) is 0.0883. The van der Waals surface area contributed by atoms with E-state index in [1.165, 1.54) is 17.0 Å². The molecule has 1 heterocycles. The first-order valence-corrected chi connectivity index (χ1v) is 6.69. The standard InChI is InChI=1S/C14H15F4NO3/c15-11-8-19(6-5-12(11)20)13(21)7-9-1-3-10(4-2-9)22-14(16,17)18/h1-4,11-12,20H,5-8H2/t11-,12-/m1/s1. The number of piperidine rings is 1. The highest BCUT2D eigenvalue weighted by molar-refractivity contribution is 5.79. The Bertz CT molecular complexity index is 518. The van der Waals surface area contributed by atoms with E-state index in [1.54, 1.807) is 0 Å². The molecule has 22 heavy (non-hydrogen) atoms. The van der Waals surface area contributed by atoms with Crippen LogP contribution in [0.4, 0.5) is 17.6 Å². The topological polar surface area (TPSA) is 49.8 Å². The Morgan fingerprint density at radius 1 is 1.32 bits per heavy atom. The molecule has 8 heteroatoms. The van der Waals surface area contributed by atoms with E-state index in [-0.39, 0.29) is 37.6 Å². The molecule has 1 saturated heterocycles. The number of ether oxygens (including phenoxy) is 1. The number of carbonyl (C=O) groups excluding carboxylic acids is 1. The Kier molecular flexibility index (Phi) is 4.90. The molecule has 2 atom stereocenters. The van der Waals surface area contributed by atoms with Crippen molar-refractivity contribution in [2.75, 3.05) is 13.1 Å². The minimum Gasteiger partial charge on any atom is -0.406 e. The fourth-order valence-corrected chi connectivity index (χ4v) is 2.21. The van der Waals surface area contributed by atoms with Crippen molar-refractivity contribution in [2.45, 2.75) is 31.5 Å². The van der Waals surface area contributed by atoms with E-state index in [0.717, 1.165) is 12.1 Å². The van der Waals surface area contributed by atoms with Crippen molar-refractivity contribution in [3.05, 3.63) is 29.8 Å². The van der Waals surface area contributed by atoms with Gasteiger partial charge in [0, 0.05) is 6.54 Å². The lowest BCUT2D eigenvalue weighted by Gasteiger charge is -2.32. The molecule has 2 rings (SSSR count). The van der Waals surface area contributed by atoms with Crippen molar-refractivity contribution < 1.29 is 32.2 Å². The Hall–Kier alpha value is -1.83. The van der Waals surface area contributed by atoms with Crippen LogP contribution in [-0.4, -0.2) is 47.6 Å². The fraction of sp³-hybridized carbons (Fsp3) is 0.500. The van der Waals surface area contributed by atoms with Gasteiger partial charge in [-0.2, -0.15) is 0 Å². The number of hydrogen-bond acceptors (Lipinski definition) is 3. The minimum atomic E-state index is -4.76. The molecule has 0 unspecified atom stereocenters. The van der Waals surface area contributed by atoms with Crippen molar-refractivity contribution in [2.24, 2.45) is 0 Å². The van der Waals surface area contributed by atoms with E-state index < -0.39 is 18.6 Å².